The Balaban J connectivity index is 1.71. The zero-order valence-corrected chi connectivity index (χ0v) is 16.3. The van der Waals surface area contributed by atoms with Crippen LogP contribution in [-0.2, 0) is 10.3 Å². The molecule has 2 fully saturated rings. The summed E-state index contributed by atoms with van der Waals surface area (Å²) in [7, 11) is 0. The van der Waals surface area contributed by atoms with Crippen molar-refractivity contribution in [2.24, 2.45) is 0 Å². The topological polar surface area (TPSA) is 52.6 Å². The number of imide groups is 1. The second kappa shape index (κ2) is 7.76. The Morgan fingerprint density at radius 2 is 1.57 bits per heavy atom. The van der Waals surface area contributed by atoms with E-state index in [0.717, 1.165) is 36.9 Å². The van der Waals surface area contributed by atoms with Crippen LogP contribution in [0.25, 0.3) is 0 Å². The smallest absolute Gasteiger partial charge is 0.315 e. The van der Waals surface area contributed by atoms with Gasteiger partial charge in [0.25, 0.3) is 5.91 Å². The number of piperidine rings is 1. The highest BCUT2D eigenvalue weighted by Crippen LogP contribution is 2.36. The molecule has 5 nitrogen and oxygen atoms in total. The third kappa shape index (κ3) is 3.10. The predicted molar refractivity (Wildman–Crippen MR) is 109 cm³/mol. The summed E-state index contributed by atoms with van der Waals surface area (Å²) in [6.45, 7) is 3.46. The van der Waals surface area contributed by atoms with Crippen LogP contribution in [0.15, 0.2) is 60.7 Å². The molecule has 5 heteroatoms. The van der Waals surface area contributed by atoms with Gasteiger partial charge in [-0.05, 0) is 30.4 Å². The fourth-order valence-corrected chi connectivity index (χ4v) is 4.53. The summed E-state index contributed by atoms with van der Waals surface area (Å²) < 4.78 is 0. The first-order chi connectivity index (χ1) is 13.7. The Hall–Kier alpha value is -2.66. The third-order valence-corrected chi connectivity index (χ3v) is 6.06. The molecule has 2 aromatic rings. The van der Waals surface area contributed by atoms with Crippen LogP contribution in [0.5, 0.6) is 0 Å². The van der Waals surface area contributed by atoms with E-state index in [9.17, 15) is 9.59 Å². The Morgan fingerprint density at radius 1 is 0.964 bits per heavy atom. The van der Waals surface area contributed by atoms with E-state index in [1.54, 1.807) is 0 Å². The summed E-state index contributed by atoms with van der Waals surface area (Å²) in [6.07, 6.45) is 4.49. The van der Waals surface area contributed by atoms with Gasteiger partial charge >= 0.3 is 6.03 Å². The number of rotatable bonds is 5. The number of amides is 3. The van der Waals surface area contributed by atoms with Crippen molar-refractivity contribution < 1.29 is 9.59 Å². The van der Waals surface area contributed by atoms with Crippen LogP contribution >= 0.6 is 0 Å². The minimum absolute atomic E-state index is 0.199. The molecule has 1 atom stereocenters. The third-order valence-electron chi connectivity index (χ3n) is 6.06. The fourth-order valence-electron chi connectivity index (χ4n) is 4.53. The number of nitrogens with one attached hydrogen (secondary N) is 1. The molecule has 146 valence electrons. The van der Waals surface area contributed by atoms with Crippen LogP contribution < -0.4 is 5.32 Å². The van der Waals surface area contributed by atoms with Crippen molar-refractivity contribution in [1.82, 2.24) is 15.1 Å². The minimum Gasteiger partial charge on any atom is -0.315 e. The second-order valence-electron chi connectivity index (χ2n) is 7.66. The highest BCUT2D eigenvalue weighted by atomic mass is 16.2. The first-order valence-corrected chi connectivity index (χ1v) is 10.2. The largest absolute Gasteiger partial charge is 0.326 e. The lowest BCUT2D eigenvalue weighted by Crippen LogP contribution is -2.49. The quantitative estimate of drug-likeness (QED) is 0.809. The van der Waals surface area contributed by atoms with E-state index in [1.165, 1.54) is 11.3 Å². The molecule has 4 rings (SSSR count). The van der Waals surface area contributed by atoms with Crippen molar-refractivity contribution in [3.8, 4) is 0 Å². The van der Waals surface area contributed by atoms with Gasteiger partial charge in [0.15, 0.2) is 5.54 Å². The van der Waals surface area contributed by atoms with Gasteiger partial charge in [0.2, 0.25) is 0 Å². The van der Waals surface area contributed by atoms with Crippen molar-refractivity contribution >= 4 is 11.9 Å². The number of hydrogen-bond donors (Lipinski definition) is 1. The van der Waals surface area contributed by atoms with Gasteiger partial charge in [-0.3, -0.25) is 9.69 Å². The number of benzene rings is 2. The Bertz CT molecular complexity index is 798. The molecule has 2 aromatic carbocycles. The molecule has 0 unspecified atom stereocenters. The minimum atomic E-state index is -1.17. The van der Waals surface area contributed by atoms with Crippen LogP contribution in [0, 0.1) is 0 Å². The van der Waals surface area contributed by atoms with Gasteiger partial charge in [-0.25, -0.2) is 9.69 Å². The Labute approximate surface area is 166 Å². The molecule has 0 bridgehead atoms. The van der Waals surface area contributed by atoms with Gasteiger partial charge in [0.05, 0.1) is 6.67 Å². The number of nitrogens with zero attached hydrogens (tertiary/aromatic N) is 2. The van der Waals surface area contributed by atoms with Crippen molar-refractivity contribution in [3.63, 3.8) is 0 Å². The second-order valence-corrected chi connectivity index (χ2v) is 7.66. The summed E-state index contributed by atoms with van der Waals surface area (Å²) in [4.78, 5) is 30.4. The number of hydrogen-bond acceptors (Lipinski definition) is 3. The van der Waals surface area contributed by atoms with Crippen LogP contribution in [0.3, 0.4) is 0 Å². The van der Waals surface area contributed by atoms with Gasteiger partial charge in [-0.1, -0.05) is 74.0 Å². The monoisotopic (exact) mass is 377 g/mol. The summed E-state index contributed by atoms with van der Waals surface area (Å²) in [6, 6.07) is 19.2. The van der Waals surface area contributed by atoms with Crippen LogP contribution in [0.1, 0.15) is 43.7 Å². The van der Waals surface area contributed by atoms with E-state index in [2.05, 4.69) is 17.1 Å². The molecule has 28 heavy (non-hydrogen) atoms. The zero-order chi connectivity index (χ0) is 19.6. The van der Waals surface area contributed by atoms with E-state index in [-0.39, 0.29) is 11.9 Å². The first-order valence-electron chi connectivity index (χ1n) is 10.2. The Morgan fingerprint density at radius 3 is 2.14 bits per heavy atom. The molecule has 0 aromatic heterocycles. The lowest BCUT2D eigenvalue weighted by atomic mass is 9.83. The standard InChI is InChI=1S/C23H27N3O2/c1-2-20-15-9-10-16-25(20)17-26-21(27)23(24-22(26)28,18-11-5-3-6-12-18)19-13-7-4-8-14-19/h3-8,11-14,20H,2,9-10,15-17H2,1H3,(H,24,28)/t20-/m1/s1. The first kappa shape index (κ1) is 18.7. The van der Waals surface area contributed by atoms with E-state index in [1.807, 2.05) is 60.7 Å². The highest BCUT2D eigenvalue weighted by Gasteiger charge is 2.54. The van der Waals surface area contributed by atoms with Gasteiger partial charge in [-0.2, -0.15) is 0 Å². The molecule has 2 heterocycles. The lowest BCUT2D eigenvalue weighted by Gasteiger charge is -2.37. The normalized spacial score (nSPS) is 22.3. The van der Waals surface area contributed by atoms with Crippen LogP contribution in [0.2, 0.25) is 0 Å². The Kier molecular flexibility index (Phi) is 5.18. The maximum absolute atomic E-state index is 13.7. The molecule has 2 aliphatic heterocycles. The van der Waals surface area contributed by atoms with E-state index in [0.29, 0.717) is 12.7 Å². The van der Waals surface area contributed by atoms with Crippen molar-refractivity contribution in [3.05, 3.63) is 71.8 Å². The van der Waals surface area contributed by atoms with Gasteiger partial charge in [-0.15, -0.1) is 0 Å². The molecular formula is C23H27N3O2. The zero-order valence-electron chi connectivity index (χ0n) is 16.3. The van der Waals surface area contributed by atoms with Crippen LogP contribution in [-0.4, -0.2) is 41.0 Å². The van der Waals surface area contributed by atoms with E-state index >= 15 is 0 Å². The molecule has 2 saturated heterocycles. The number of urea groups is 1. The predicted octanol–water partition coefficient (Wildman–Crippen LogP) is 3.70. The molecule has 1 N–H and O–H groups in total. The van der Waals surface area contributed by atoms with Crippen molar-refractivity contribution in [2.45, 2.75) is 44.2 Å². The summed E-state index contributed by atoms with van der Waals surface area (Å²) in [5, 5.41) is 3.03. The number of carbonyl (C=O) groups excluding carboxylic acids is 2. The SMILES string of the molecule is CC[C@@H]1CCCCN1CN1C(=O)NC(c2ccccc2)(c2ccccc2)C1=O. The van der Waals surface area contributed by atoms with E-state index in [4.69, 9.17) is 0 Å². The van der Waals surface area contributed by atoms with E-state index < -0.39 is 5.54 Å². The lowest BCUT2D eigenvalue weighted by molar-refractivity contribution is -0.132. The summed E-state index contributed by atoms with van der Waals surface area (Å²) >= 11 is 0. The maximum atomic E-state index is 13.7. The molecule has 0 aliphatic carbocycles. The molecule has 0 spiro atoms. The van der Waals surface area contributed by atoms with Gasteiger partial charge in [0, 0.05) is 12.6 Å². The number of likely N-dealkylation sites (tertiary alicyclic amines) is 1. The molecular weight excluding hydrogens is 350 g/mol. The molecule has 3 amide bonds. The average molecular weight is 377 g/mol. The van der Waals surface area contributed by atoms with Gasteiger partial charge < -0.3 is 5.32 Å². The fraction of sp³-hybridized carbons (Fsp3) is 0.391. The highest BCUT2D eigenvalue weighted by molar-refractivity contribution is 6.09. The van der Waals surface area contributed by atoms with Gasteiger partial charge in [0.1, 0.15) is 0 Å². The maximum Gasteiger partial charge on any atom is 0.326 e. The van der Waals surface area contributed by atoms with Crippen LogP contribution in [0.4, 0.5) is 4.79 Å². The molecule has 0 radical (unpaired) electrons. The van der Waals surface area contributed by atoms with Crippen molar-refractivity contribution in [1.29, 1.82) is 0 Å². The number of carbonyl (C=O) groups is 2. The van der Waals surface area contributed by atoms with Crippen molar-refractivity contribution in [2.75, 3.05) is 13.2 Å². The average Bonchev–Trinajstić information content (AvgIpc) is 3.01. The summed E-state index contributed by atoms with van der Waals surface area (Å²) in [5.74, 6) is -0.199. The molecule has 2 aliphatic rings. The summed E-state index contributed by atoms with van der Waals surface area (Å²) in [5.41, 5.74) is 0.400. The molecule has 0 saturated carbocycles.